The molecule has 140 valence electrons. The summed E-state index contributed by atoms with van der Waals surface area (Å²) in [6.45, 7) is 8.18. The van der Waals surface area contributed by atoms with E-state index in [4.69, 9.17) is 4.42 Å². The zero-order chi connectivity index (χ0) is 19.6. The number of carbonyl (C=O) groups is 1. The van der Waals surface area contributed by atoms with Crippen molar-refractivity contribution in [2.24, 2.45) is 0 Å². The number of benzene rings is 2. The molecule has 1 aromatic heterocycles. The SMILES string of the molecule is C[C@H](Sc1nnc(-c2ccccc2F)o1)C(=O)c1ccc(C(C)(C)C)cc1. The summed E-state index contributed by atoms with van der Waals surface area (Å²) in [5.74, 6) is -0.350. The molecule has 0 aliphatic heterocycles. The van der Waals surface area contributed by atoms with Gasteiger partial charge < -0.3 is 4.42 Å². The summed E-state index contributed by atoms with van der Waals surface area (Å²) in [7, 11) is 0. The molecule has 0 amide bonds. The van der Waals surface area contributed by atoms with Crippen LogP contribution in [0.25, 0.3) is 11.5 Å². The number of hydrogen-bond donors (Lipinski definition) is 0. The summed E-state index contributed by atoms with van der Waals surface area (Å²) in [6.07, 6.45) is 0. The van der Waals surface area contributed by atoms with Gasteiger partial charge in [-0.05, 0) is 30.0 Å². The van der Waals surface area contributed by atoms with Gasteiger partial charge in [0.25, 0.3) is 11.1 Å². The second kappa shape index (κ2) is 7.64. The molecule has 4 nitrogen and oxygen atoms in total. The average Bonchev–Trinajstić information content (AvgIpc) is 3.09. The first-order valence-electron chi connectivity index (χ1n) is 8.65. The molecular formula is C21H21FN2O2S. The molecular weight excluding hydrogens is 363 g/mol. The smallest absolute Gasteiger partial charge is 0.277 e. The molecule has 0 saturated carbocycles. The number of carbonyl (C=O) groups excluding carboxylic acids is 1. The second-order valence-electron chi connectivity index (χ2n) is 7.30. The van der Waals surface area contributed by atoms with E-state index in [1.165, 1.54) is 23.4 Å². The van der Waals surface area contributed by atoms with Crippen LogP contribution >= 0.6 is 11.8 Å². The van der Waals surface area contributed by atoms with Crippen molar-refractivity contribution in [3.8, 4) is 11.5 Å². The first-order valence-corrected chi connectivity index (χ1v) is 9.53. The first kappa shape index (κ1) is 19.3. The lowest BCUT2D eigenvalue weighted by atomic mass is 9.86. The van der Waals surface area contributed by atoms with Gasteiger partial charge >= 0.3 is 0 Å². The van der Waals surface area contributed by atoms with Gasteiger partial charge in [0.05, 0.1) is 10.8 Å². The predicted molar refractivity (Wildman–Crippen MR) is 104 cm³/mol. The summed E-state index contributed by atoms with van der Waals surface area (Å²) in [4.78, 5) is 12.7. The zero-order valence-corrected chi connectivity index (χ0v) is 16.5. The van der Waals surface area contributed by atoms with Crippen LogP contribution in [-0.2, 0) is 5.41 Å². The van der Waals surface area contributed by atoms with Crippen molar-refractivity contribution in [3.05, 3.63) is 65.5 Å². The summed E-state index contributed by atoms with van der Waals surface area (Å²) < 4.78 is 19.3. The number of hydrogen-bond acceptors (Lipinski definition) is 5. The van der Waals surface area contributed by atoms with Crippen LogP contribution in [0.15, 0.2) is 58.2 Å². The highest BCUT2D eigenvalue weighted by Crippen LogP contribution is 2.29. The van der Waals surface area contributed by atoms with Gasteiger partial charge in [0.1, 0.15) is 5.82 Å². The van der Waals surface area contributed by atoms with Gasteiger partial charge in [-0.15, -0.1) is 10.2 Å². The molecule has 3 rings (SSSR count). The summed E-state index contributed by atoms with van der Waals surface area (Å²) in [5, 5.41) is 7.64. The van der Waals surface area contributed by atoms with Crippen molar-refractivity contribution in [2.75, 3.05) is 0 Å². The van der Waals surface area contributed by atoms with Crippen molar-refractivity contribution in [1.82, 2.24) is 10.2 Å². The quantitative estimate of drug-likeness (QED) is 0.427. The molecule has 0 radical (unpaired) electrons. The van der Waals surface area contributed by atoms with Gasteiger partial charge in [-0.1, -0.05) is 68.9 Å². The molecule has 1 atom stereocenters. The van der Waals surface area contributed by atoms with Crippen molar-refractivity contribution in [3.63, 3.8) is 0 Å². The topological polar surface area (TPSA) is 56.0 Å². The van der Waals surface area contributed by atoms with Crippen LogP contribution in [0.5, 0.6) is 0 Å². The minimum Gasteiger partial charge on any atom is -0.411 e. The standard InChI is InChI=1S/C21H21FN2O2S/c1-13(18(25)14-9-11-15(12-10-14)21(2,3)4)27-20-24-23-19(26-20)16-7-5-6-8-17(16)22/h5-13H,1-4H3/t13-/m0/s1. The number of rotatable bonds is 5. The van der Waals surface area contributed by atoms with Crippen LogP contribution in [0.2, 0.25) is 0 Å². The maximum atomic E-state index is 13.8. The lowest BCUT2D eigenvalue weighted by Crippen LogP contribution is -2.15. The van der Waals surface area contributed by atoms with E-state index >= 15 is 0 Å². The van der Waals surface area contributed by atoms with Crippen LogP contribution in [0, 0.1) is 5.82 Å². The number of halogens is 1. The molecule has 0 spiro atoms. The Morgan fingerprint density at radius 3 is 2.37 bits per heavy atom. The lowest BCUT2D eigenvalue weighted by Gasteiger charge is -2.19. The Hall–Kier alpha value is -2.47. The van der Waals surface area contributed by atoms with Crippen LogP contribution in [0.4, 0.5) is 4.39 Å². The van der Waals surface area contributed by atoms with Gasteiger partial charge in [-0.2, -0.15) is 0 Å². The van der Waals surface area contributed by atoms with Crippen LogP contribution < -0.4 is 0 Å². The van der Waals surface area contributed by atoms with Gasteiger partial charge in [-0.3, -0.25) is 4.79 Å². The van der Waals surface area contributed by atoms with E-state index in [0.717, 1.165) is 0 Å². The lowest BCUT2D eigenvalue weighted by molar-refractivity contribution is 0.0993. The largest absolute Gasteiger partial charge is 0.411 e. The third-order valence-electron chi connectivity index (χ3n) is 4.19. The Bertz CT molecular complexity index is 945. The van der Waals surface area contributed by atoms with E-state index in [-0.39, 0.29) is 27.9 Å². The molecule has 1 heterocycles. The molecule has 2 aromatic carbocycles. The summed E-state index contributed by atoms with van der Waals surface area (Å²) >= 11 is 1.17. The van der Waals surface area contributed by atoms with Crippen molar-refractivity contribution in [2.45, 2.75) is 43.6 Å². The highest BCUT2D eigenvalue weighted by Gasteiger charge is 2.21. The fraction of sp³-hybridized carbons (Fsp3) is 0.286. The summed E-state index contributed by atoms with van der Waals surface area (Å²) in [5.41, 5.74) is 2.09. The highest BCUT2D eigenvalue weighted by molar-refractivity contribution is 8.00. The number of nitrogens with zero attached hydrogens (tertiary/aromatic N) is 2. The minimum absolute atomic E-state index is 0.0221. The predicted octanol–water partition coefficient (Wildman–Crippen LogP) is 5.54. The highest BCUT2D eigenvalue weighted by atomic mass is 32.2. The molecule has 0 N–H and O–H groups in total. The second-order valence-corrected chi connectivity index (χ2v) is 8.60. The monoisotopic (exact) mass is 384 g/mol. The number of thioether (sulfide) groups is 1. The maximum absolute atomic E-state index is 13.8. The van der Waals surface area contributed by atoms with Crippen LogP contribution in [0.1, 0.15) is 43.6 Å². The molecule has 0 aliphatic carbocycles. The van der Waals surface area contributed by atoms with E-state index in [9.17, 15) is 9.18 Å². The van der Waals surface area contributed by atoms with E-state index in [0.29, 0.717) is 5.56 Å². The third kappa shape index (κ3) is 4.45. The number of ketones is 1. The van der Waals surface area contributed by atoms with Gasteiger partial charge in [-0.25, -0.2) is 4.39 Å². The third-order valence-corrected chi connectivity index (χ3v) is 5.13. The van der Waals surface area contributed by atoms with E-state index in [1.807, 2.05) is 24.3 Å². The Morgan fingerprint density at radius 2 is 1.74 bits per heavy atom. The van der Waals surface area contributed by atoms with Crippen molar-refractivity contribution < 1.29 is 13.6 Å². The molecule has 0 unspecified atom stereocenters. The first-order chi connectivity index (χ1) is 12.8. The van der Waals surface area contributed by atoms with Crippen molar-refractivity contribution >= 4 is 17.5 Å². The maximum Gasteiger partial charge on any atom is 0.277 e. The average molecular weight is 384 g/mol. The number of aromatic nitrogens is 2. The Labute approximate surface area is 162 Å². The molecule has 0 aliphatic rings. The molecule has 3 aromatic rings. The van der Waals surface area contributed by atoms with Gasteiger partial charge in [0, 0.05) is 5.56 Å². The van der Waals surface area contributed by atoms with E-state index in [1.54, 1.807) is 25.1 Å². The van der Waals surface area contributed by atoms with E-state index < -0.39 is 11.1 Å². The van der Waals surface area contributed by atoms with Gasteiger partial charge in [0.2, 0.25) is 0 Å². The zero-order valence-electron chi connectivity index (χ0n) is 15.7. The van der Waals surface area contributed by atoms with E-state index in [2.05, 4.69) is 31.0 Å². The minimum atomic E-state index is -0.430. The Morgan fingerprint density at radius 1 is 1.07 bits per heavy atom. The van der Waals surface area contributed by atoms with Gasteiger partial charge in [0.15, 0.2) is 5.78 Å². The fourth-order valence-corrected chi connectivity index (χ4v) is 3.34. The molecule has 0 saturated heterocycles. The fourth-order valence-electron chi connectivity index (χ4n) is 2.57. The molecule has 27 heavy (non-hydrogen) atoms. The van der Waals surface area contributed by atoms with Crippen LogP contribution in [-0.4, -0.2) is 21.2 Å². The Kier molecular flexibility index (Phi) is 5.46. The van der Waals surface area contributed by atoms with Crippen LogP contribution in [0.3, 0.4) is 0 Å². The van der Waals surface area contributed by atoms with Crippen molar-refractivity contribution in [1.29, 1.82) is 0 Å². The molecule has 0 bridgehead atoms. The normalized spacial score (nSPS) is 12.8. The molecule has 0 fully saturated rings. The molecule has 6 heteroatoms. The summed E-state index contributed by atoms with van der Waals surface area (Å²) in [6, 6.07) is 13.8. The Balaban J connectivity index is 1.71. The number of Topliss-reactive ketones (excluding diaryl/α,β-unsaturated/α-hetero) is 1.